The molecule has 0 atom stereocenters. The molecule has 4 rings (SSSR count). The third-order valence-corrected chi connectivity index (χ3v) is 5.85. The van der Waals surface area contributed by atoms with E-state index in [0.29, 0.717) is 5.56 Å². The van der Waals surface area contributed by atoms with Crippen molar-refractivity contribution < 1.29 is 4.79 Å². The quantitative estimate of drug-likeness (QED) is 0.932. The van der Waals surface area contributed by atoms with Gasteiger partial charge in [-0.1, -0.05) is 36.8 Å². The van der Waals surface area contributed by atoms with Crippen molar-refractivity contribution in [1.29, 1.82) is 0 Å². The van der Waals surface area contributed by atoms with Gasteiger partial charge in [0.1, 0.15) is 0 Å². The van der Waals surface area contributed by atoms with Crippen molar-refractivity contribution in [2.45, 2.75) is 44.6 Å². The predicted molar refractivity (Wildman–Crippen MR) is 101 cm³/mol. The molecular weight excluding hydrogens is 308 g/mol. The minimum Gasteiger partial charge on any atom is -0.366 e. The highest BCUT2D eigenvalue weighted by molar-refractivity contribution is 5.92. The zero-order valence-electron chi connectivity index (χ0n) is 14.7. The van der Waals surface area contributed by atoms with E-state index in [1.165, 1.54) is 67.4 Å². The lowest BCUT2D eigenvalue weighted by Gasteiger charge is -2.36. The summed E-state index contributed by atoms with van der Waals surface area (Å²) < 4.78 is 0. The highest BCUT2D eigenvalue weighted by Gasteiger charge is 2.26. The molecule has 0 saturated heterocycles. The fourth-order valence-corrected chi connectivity index (χ4v) is 4.05. The summed E-state index contributed by atoms with van der Waals surface area (Å²) >= 11 is 0. The first-order valence-electron chi connectivity index (χ1n) is 9.42. The van der Waals surface area contributed by atoms with E-state index in [-0.39, 0.29) is 5.91 Å². The van der Waals surface area contributed by atoms with Crippen LogP contribution in [0.1, 0.15) is 51.9 Å². The Morgan fingerprint density at radius 3 is 2.28 bits per heavy atom. The smallest absolute Gasteiger partial charge is 0.248 e. The molecule has 25 heavy (non-hydrogen) atoms. The van der Waals surface area contributed by atoms with Crippen molar-refractivity contribution in [3.63, 3.8) is 0 Å². The molecule has 3 heteroatoms. The monoisotopic (exact) mass is 334 g/mol. The molecule has 0 aromatic heterocycles. The number of amides is 1. The van der Waals surface area contributed by atoms with E-state index >= 15 is 0 Å². The van der Waals surface area contributed by atoms with E-state index in [4.69, 9.17) is 5.73 Å². The van der Waals surface area contributed by atoms with Gasteiger partial charge in [-0.05, 0) is 66.5 Å². The van der Waals surface area contributed by atoms with E-state index in [1.807, 2.05) is 24.3 Å². The highest BCUT2D eigenvalue weighted by Crippen LogP contribution is 2.28. The van der Waals surface area contributed by atoms with Gasteiger partial charge in [0.05, 0.1) is 0 Å². The molecule has 0 unspecified atom stereocenters. The van der Waals surface area contributed by atoms with Crippen LogP contribution in [-0.2, 0) is 19.3 Å². The molecule has 3 nitrogen and oxygen atoms in total. The Hall–Kier alpha value is -2.13. The standard InChI is InChI=1S/C22H26N2O/c23-22(25)19-8-4-16(5-9-19)14-17-6-7-18-10-12-24(21-2-1-3-21)13-11-20(18)15-17/h4-9,15,21H,1-3,10-14H2,(H2,23,25). The first kappa shape index (κ1) is 16.3. The van der Waals surface area contributed by atoms with E-state index in [1.54, 1.807) is 0 Å². The minimum absolute atomic E-state index is 0.368. The Morgan fingerprint density at radius 1 is 0.960 bits per heavy atom. The molecule has 1 amide bonds. The van der Waals surface area contributed by atoms with Gasteiger partial charge in [0.2, 0.25) is 5.91 Å². The Morgan fingerprint density at radius 2 is 1.64 bits per heavy atom. The highest BCUT2D eigenvalue weighted by atomic mass is 16.1. The van der Waals surface area contributed by atoms with E-state index < -0.39 is 0 Å². The second-order valence-electron chi connectivity index (χ2n) is 7.46. The Kier molecular flexibility index (Phi) is 4.58. The van der Waals surface area contributed by atoms with E-state index in [0.717, 1.165) is 12.5 Å². The van der Waals surface area contributed by atoms with Gasteiger partial charge in [0.25, 0.3) is 0 Å². The van der Waals surface area contributed by atoms with E-state index in [9.17, 15) is 4.79 Å². The first-order valence-corrected chi connectivity index (χ1v) is 9.42. The normalized spacial score (nSPS) is 18.2. The number of benzene rings is 2. The van der Waals surface area contributed by atoms with Gasteiger partial charge in [-0.3, -0.25) is 9.69 Å². The van der Waals surface area contributed by atoms with E-state index in [2.05, 4.69) is 23.1 Å². The van der Waals surface area contributed by atoms with Crippen LogP contribution in [0.4, 0.5) is 0 Å². The molecule has 2 aromatic carbocycles. The molecule has 0 radical (unpaired) electrons. The molecular formula is C22H26N2O. The fourth-order valence-electron chi connectivity index (χ4n) is 4.05. The number of hydrogen-bond donors (Lipinski definition) is 1. The SMILES string of the molecule is NC(=O)c1ccc(Cc2ccc3c(c2)CCN(C2CCC2)CC3)cc1. The van der Waals surface area contributed by atoms with Crippen LogP contribution in [-0.4, -0.2) is 29.9 Å². The van der Waals surface area contributed by atoms with Gasteiger partial charge in [-0.2, -0.15) is 0 Å². The maximum Gasteiger partial charge on any atom is 0.248 e. The molecule has 1 saturated carbocycles. The molecule has 130 valence electrons. The molecule has 0 bridgehead atoms. The Balaban J connectivity index is 1.46. The van der Waals surface area contributed by atoms with Crippen LogP contribution < -0.4 is 5.73 Å². The number of primary amides is 1. The van der Waals surface area contributed by atoms with Gasteiger partial charge in [-0.15, -0.1) is 0 Å². The van der Waals surface area contributed by atoms with Crippen LogP contribution in [0.15, 0.2) is 42.5 Å². The second kappa shape index (κ2) is 7.01. The summed E-state index contributed by atoms with van der Waals surface area (Å²) in [5, 5.41) is 0. The summed E-state index contributed by atoms with van der Waals surface area (Å²) in [6.45, 7) is 2.42. The van der Waals surface area contributed by atoms with Crippen LogP contribution >= 0.6 is 0 Å². The van der Waals surface area contributed by atoms with Gasteiger partial charge in [0, 0.05) is 24.7 Å². The maximum absolute atomic E-state index is 11.2. The molecule has 1 aliphatic heterocycles. The summed E-state index contributed by atoms with van der Waals surface area (Å²) in [5.74, 6) is -0.368. The fraction of sp³-hybridized carbons (Fsp3) is 0.409. The Labute approximate surface area is 149 Å². The largest absolute Gasteiger partial charge is 0.366 e. The van der Waals surface area contributed by atoms with Crippen molar-refractivity contribution >= 4 is 5.91 Å². The van der Waals surface area contributed by atoms with Crippen molar-refractivity contribution in [2.75, 3.05) is 13.1 Å². The zero-order valence-corrected chi connectivity index (χ0v) is 14.7. The van der Waals surface area contributed by atoms with Crippen LogP contribution in [0.3, 0.4) is 0 Å². The average molecular weight is 334 g/mol. The number of nitrogens with two attached hydrogens (primary N) is 1. The number of hydrogen-bond acceptors (Lipinski definition) is 2. The number of carbonyl (C=O) groups excluding carboxylic acids is 1. The Bertz CT molecular complexity index is 762. The van der Waals surface area contributed by atoms with Crippen LogP contribution in [0.5, 0.6) is 0 Å². The molecule has 0 spiro atoms. The van der Waals surface area contributed by atoms with Gasteiger partial charge < -0.3 is 5.73 Å². The third-order valence-electron chi connectivity index (χ3n) is 5.85. The molecule has 2 aliphatic rings. The summed E-state index contributed by atoms with van der Waals surface area (Å²) in [6, 6.07) is 15.5. The van der Waals surface area contributed by atoms with Crippen molar-refractivity contribution in [3.8, 4) is 0 Å². The lowest BCUT2D eigenvalue weighted by atomic mass is 9.91. The molecule has 2 aromatic rings. The minimum atomic E-state index is -0.368. The van der Waals surface area contributed by atoms with Crippen LogP contribution in [0, 0.1) is 0 Å². The van der Waals surface area contributed by atoms with Crippen LogP contribution in [0.2, 0.25) is 0 Å². The summed E-state index contributed by atoms with van der Waals surface area (Å²) in [5.41, 5.74) is 11.5. The van der Waals surface area contributed by atoms with Gasteiger partial charge in [-0.25, -0.2) is 0 Å². The number of rotatable bonds is 4. The second-order valence-corrected chi connectivity index (χ2v) is 7.46. The van der Waals surface area contributed by atoms with Crippen molar-refractivity contribution in [3.05, 3.63) is 70.3 Å². The molecule has 2 N–H and O–H groups in total. The number of fused-ring (bicyclic) bond motifs is 1. The lowest BCUT2D eigenvalue weighted by Crippen LogP contribution is -2.41. The molecule has 1 fully saturated rings. The number of nitrogens with zero attached hydrogens (tertiary/aromatic N) is 1. The summed E-state index contributed by atoms with van der Waals surface area (Å²) in [6.07, 6.45) is 7.44. The summed E-state index contributed by atoms with van der Waals surface area (Å²) in [7, 11) is 0. The van der Waals surface area contributed by atoms with Crippen molar-refractivity contribution in [1.82, 2.24) is 4.90 Å². The van der Waals surface area contributed by atoms with Crippen molar-refractivity contribution in [2.24, 2.45) is 5.73 Å². The van der Waals surface area contributed by atoms with Gasteiger partial charge in [0.15, 0.2) is 0 Å². The third kappa shape index (κ3) is 3.62. The van der Waals surface area contributed by atoms with Crippen LogP contribution in [0.25, 0.3) is 0 Å². The molecule has 1 aliphatic carbocycles. The predicted octanol–water partition coefficient (Wildman–Crippen LogP) is 3.33. The maximum atomic E-state index is 11.2. The lowest BCUT2D eigenvalue weighted by molar-refractivity contribution is 0.100. The topological polar surface area (TPSA) is 46.3 Å². The first-order chi connectivity index (χ1) is 12.2. The number of carbonyl (C=O) groups is 1. The summed E-state index contributed by atoms with van der Waals surface area (Å²) in [4.78, 5) is 13.9. The molecule has 1 heterocycles. The average Bonchev–Trinajstić information content (AvgIpc) is 2.77. The zero-order chi connectivity index (χ0) is 17.2. The van der Waals surface area contributed by atoms with Gasteiger partial charge >= 0.3 is 0 Å².